The van der Waals surface area contributed by atoms with Crippen molar-refractivity contribution >= 4 is 23.7 Å². The second-order valence-electron chi connectivity index (χ2n) is 3.16. The predicted molar refractivity (Wildman–Crippen MR) is 60.8 cm³/mol. The Morgan fingerprint density at radius 1 is 1.40 bits per heavy atom. The minimum atomic E-state index is -0.479. The minimum Gasteiger partial charge on any atom is -0.392 e. The number of imide groups is 1. The molecule has 0 aromatic heterocycles. The Balaban J connectivity index is 3.70. The molecule has 0 aliphatic carbocycles. The van der Waals surface area contributed by atoms with Crippen LogP contribution in [0.4, 0.5) is 4.79 Å². The van der Waals surface area contributed by atoms with E-state index < -0.39 is 12.1 Å². The van der Waals surface area contributed by atoms with Crippen LogP contribution in [0.3, 0.4) is 0 Å². The third kappa shape index (κ3) is 7.21. The summed E-state index contributed by atoms with van der Waals surface area (Å²) in [6, 6.07) is -0.479. The lowest BCUT2D eigenvalue weighted by molar-refractivity contribution is -0.117. The van der Waals surface area contributed by atoms with Gasteiger partial charge < -0.3 is 10.4 Å². The number of urea groups is 1. The third-order valence-electron chi connectivity index (χ3n) is 1.75. The number of carbonyl (C=O) groups excluding carboxylic acids is 2. The number of thioether (sulfide) groups is 1. The van der Waals surface area contributed by atoms with Crippen molar-refractivity contribution in [2.75, 3.05) is 12.3 Å². The van der Waals surface area contributed by atoms with E-state index in [0.717, 1.165) is 0 Å². The molecule has 0 aromatic carbocycles. The standard InChI is InChI=1S/C9H18N2O3S/c1-4-10-9(14)11-8(13)5-15-7(3)6(2)12/h6-7,12H,4-5H2,1-3H3,(H2,10,11,13,14). The summed E-state index contributed by atoms with van der Waals surface area (Å²) >= 11 is 1.31. The molecular weight excluding hydrogens is 216 g/mol. The molecule has 0 radical (unpaired) electrons. The molecule has 6 heteroatoms. The average molecular weight is 234 g/mol. The molecule has 0 bridgehead atoms. The van der Waals surface area contributed by atoms with Crippen LogP contribution in [0.15, 0.2) is 0 Å². The van der Waals surface area contributed by atoms with Crippen LogP contribution < -0.4 is 10.6 Å². The monoisotopic (exact) mass is 234 g/mol. The maximum atomic E-state index is 11.2. The zero-order valence-electron chi connectivity index (χ0n) is 9.24. The highest BCUT2D eigenvalue weighted by Gasteiger charge is 2.12. The molecule has 0 rings (SSSR count). The summed E-state index contributed by atoms with van der Waals surface area (Å²) in [4.78, 5) is 22.1. The molecule has 3 N–H and O–H groups in total. The van der Waals surface area contributed by atoms with Gasteiger partial charge in [-0.15, -0.1) is 11.8 Å². The summed E-state index contributed by atoms with van der Waals surface area (Å²) in [7, 11) is 0. The van der Waals surface area contributed by atoms with E-state index in [2.05, 4.69) is 10.6 Å². The number of nitrogens with one attached hydrogen (secondary N) is 2. The molecule has 5 nitrogen and oxygen atoms in total. The second kappa shape index (κ2) is 7.53. The van der Waals surface area contributed by atoms with E-state index in [1.807, 2.05) is 6.92 Å². The van der Waals surface area contributed by atoms with Crippen molar-refractivity contribution in [2.24, 2.45) is 0 Å². The first-order valence-corrected chi connectivity index (χ1v) is 5.89. The maximum Gasteiger partial charge on any atom is 0.321 e. The first-order valence-electron chi connectivity index (χ1n) is 4.84. The van der Waals surface area contributed by atoms with Crippen LogP contribution in [0.2, 0.25) is 0 Å². The lowest BCUT2D eigenvalue weighted by Crippen LogP contribution is -2.40. The molecule has 15 heavy (non-hydrogen) atoms. The van der Waals surface area contributed by atoms with Crippen LogP contribution in [0.25, 0.3) is 0 Å². The van der Waals surface area contributed by atoms with Crippen LogP contribution in [0.1, 0.15) is 20.8 Å². The Morgan fingerprint density at radius 3 is 2.47 bits per heavy atom. The van der Waals surface area contributed by atoms with E-state index in [-0.39, 0.29) is 16.9 Å². The van der Waals surface area contributed by atoms with Gasteiger partial charge in [0.05, 0.1) is 11.9 Å². The highest BCUT2D eigenvalue weighted by molar-refractivity contribution is 8.00. The molecule has 0 fully saturated rings. The third-order valence-corrected chi connectivity index (χ3v) is 3.10. The van der Waals surface area contributed by atoms with E-state index in [1.165, 1.54) is 11.8 Å². The number of aliphatic hydroxyl groups excluding tert-OH is 1. The molecule has 0 saturated heterocycles. The van der Waals surface area contributed by atoms with Gasteiger partial charge in [0.1, 0.15) is 0 Å². The van der Waals surface area contributed by atoms with E-state index in [9.17, 15) is 9.59 Å². The number of hydrogen-bond donors (Lipinski definition) is 3. The van der Waals surface area contributed by atoms with Crippen LogP contribution in [0, 0.1) is 0 Å². The molecule has 0 aromatic rings. The first kappa shape index (κ1) is 14.2. The van der Waals surface area contributed by atoms with E-state index in [4.69, 9.17) is 5.11 Å². The van der Waals surface area contributed by atoms with Crippen molar-refractivity contribution in [3.05, 3.63) is 0 Å². The fraction of sp³-hybridized carbons (Fsp3) is 0.778. The first-order chi connectivity index (χ1) is 6.97. The molecular formula is C9H18N2O3S. The number of carbonyl (C=O) groups is 2. The predicted octanol–water partition coefficient (Wildman–Crippen LogP) is 0.335. The number of aliphatic hydroxyl groups is 1. The molecule has 0 aliphatic heterocycles. The van der Waals surface area contributed by atoms with Crippen LogP contribution in [-0.2, 0) is 4.79 Å². The van der Waals surface area contributed by atoms with E-state index in [1.54, 1.807) is 13.8 Å². The van der Waals surface area contributed by atoms with Gasteiger partial charge in [-0.05, 0) is 13.8 Å². The molecule has 0 heterocycles. The summed E-state index contributed by atoms with van der Waals surface area (Å²) < 4.78 is 0. The average Bonchev–Trinajstić information content (AvgIpc) is 2.14. The summed E-state index contributed by atoms with van der Waals surface area (Å²) in [5.74, 6) is -0.179. The van der Waals surface area contributed by atoms with Gasteiger partial charge in [0.2, 0.25) is 5.91 Å². The molecule has 2 unspecified atom stereocenters. The summed E-state index contributed by atoms with van der Waals surface area (Å²) in [6.07, 6.45) is -0.465. The summed E-state index contributed by atoms with van der Waals surface area (Å²) in [5, 5.41) is 13.8. The second-order valence-corrected chi connectivity index (χ2v) is 4.53. The highest BCUT2D eigenvalue weighted by Crippen LogP contribution is 2.13. The molecule has 88 valence electrons. The minimum absolute atomic E-state index is 0.0232. The van der Waals surface area contributed by atoms with Crippen LogP contribution in [0.5, 0.6) is 0 Å². The lowest BCUT2D eigenvalue weighted by atomic mass is 10.3. The smallest absolute Gasteiger partial charge is 0.321 e. The van der Waals surface area contributed by atoms with Gasteiger partial charge in [-0.25, -0.2) is 4.79 Å². The maximum absolute atomic E-state index is 11.2. The van der Waals surface area contributed by atoms with Gasteiger partial charge in [-0.1, -0.05) is 6.92 Å². The normalized spacial score (nSPS) is 14.1. The van der Waals surface area contributed by atoms with Crippen molar-refractivity contribution in [1.29, 1.82) is 0 Å². The Morgan fingerprint density at radius 2 is 2.00 bits per heavy atom. The highest BCUT2D eigenvalue weighted by atomic mass is 32.2. The van der Waals surface area contributed by atoms with Gasteiger partial charge in [0.25, 0.3) is 0 Å². The van der Waals surface area contributed by atoms with Crippen molar-refractivity contribution in [3.63, 3.8) is 0 Å². The summed E-state index contributed by atoms with van der Waals surface area (Å²) in [5.41, 5.74) is 0. The summed E-state index contributed by atoms with van der Waals surface area (Å²) in [6.45, 7) is 5.75. The SMILES string of the molecule is CCNC(=O)NC(=O)CSC(C)C(C)O. The molecule has 2 atom stereocenters. The van der Waals surface area contributed by atoms with Gasteiger partial charge in [0, 0.05) is 11.8 Å². The fourth-order valence-corrected chi connectivity index (χ4v) is 1.48. The van der Waals surface area contributed by atoms with Crippen molar-refractivity contribution in [3.8, 4) is 0 Å². The Bertz CT molecular complexity index is 221. The van der Waals surface area contributed by atoms with E-state index in [0.29, 0.717) is 6.54 Å². The van der Waals surface area contributed by atoms with Gasteiger partial charge in [-0.2, -0.15) is 0 Å². The topological polar surface area (TPSA) is 78.4 Å². The Hall–Kier alpha value is -0.750. The van der Waals surface area contributed by atoms with Crippen molar-refractivity contribution in [1.82, 2.24) is 10.6 Å². The number of amides is 3. The van der Waals surface area contributed by atoms with Crippen molar-refractivity contribution in [2.45, 2.75) is 32.1 Å². The largest absolute Gasteiger partial charge is 0.392 e. The molecule has 0 spiro atoms. The lowest BCUT2D eigenvalue weighted by Gasteiger charge is -2.13. The van der Waals surface area contributed by atoms with E-state index >= 15 is 0 Å². The zero-order valence-corrected chi connectivity index (χ0v) is 10.1. The Labute approximate surface area is 94.0 Å². The van der Waals surface area contributed by atoms with Crippen LogP contribution in [-0.4, -0.2) is 40.7 Å². The van der Waals surface area contributed by atoms with Gasteiger partial charge in [-0.3, -0.25) is 10.1 Å². The molecule has 0 saturated carbocycles. The van der Waals surface area contributed by atoms with Gasteiger partial charge in [0.15, 0.2) is 0 Å². The van der Waals surface area contributed by atoms with Gasteiger partial charge >= 0.3 is 6.03 Å². The van der Waals surface area contributed by atoms with Crippen LogP contribution >= 0.6 is 11.8 Å². The fourth-order valence-electron chi connectivity index (χ4n) is 0.714. The molecule has 3 amide bonds. The molecule has 0 aliphatic rings. The Kier molecular flexibility index (Phi) is 7.15. The van der Waals surface area contributed by atoms with Crippen molar-refractivity contribution < 1.29 is 14.7 Å². The number of rotatable bonds is 5. The quantitative estimate of drug-likeness (QED) is 0.641. The number of hydrogen-bond acceptors (Lipinski definition) is 4. The zero-order chi connectivity index (χ0) is 11.8.